The first kappa shape index (κ1) is 16.4. The van der Waals surface area contributed by atoms with E-state index in [-0.39, 0.29) is 11.8 Å². The fourth-order valence-corrected chi connectivity index (χ4v) is 3.45. The highest BCUT2D eigenvalue weighted by atomic mass is 16.5. The third-order valence-corrected chi connectivity index (χ3v) is 4.78. The zero-order valence-corrected chi connectivity index (χ0v) is 14.6. The summed E-state index contributed by atoms with van der Waals surface area (Å²) in [7, 11) is 1.62. The number of nitrogens with one attached hydrogen (secondary N) is 1. The highest BCUT2D eigenvalue weighted by Gasteiger charge is 2.27. The first-order valence-electron chi connectivity index (χ1n) is 8.73. The third-order valence-electron chi connectivity index (χ3n) is 4.78. The van der Waals surface area contributed by atoms with Gasteiger partial charge in [0.2, 0.25) is 0 Å². The van der Waals surface area contributed by atoms with E-state index in [4.69, 9.17) is 4.74 Å². The number of methoxy groups -OCH3 is 1. The molecule has 4 rings (SSSR count). The predicted octanol–water partition coefficient (Wildman–Crippen LogP) is 2.62. The van der Waals surface area contributed by atoms with Crippen LogP contribution in [0.5, 0.6) is 5.75 Å². The molecule has 0 unspecified atom stereocenters. The van der Waals surface area contributed by atoms with Crippen LogP contribution in [-0.4, -0.2) is 50.8 Å². The SMILES string of the molecule is COc1ccccc1-n1cc(C(=O)N2CCC[C@H](c3ncc[nH]3)C2)cn1. The quantitative estimate of drug-likeness (QED) is 0.784. The maximum Gasteiger partial charge on any atom is 0.257 e. The highest BCUT2D eigenvalue weighted by molar-refractivity contribution is 5.94. The number of carbonyl (C=O) groups excluding carboxylic acids is 1. The average Bonchev–Trinajstić information content (AvgIpc) is 3.39. The Labute approximate surface area is 151 Å². The number of hydrogen-bond acceptors (Lipinski definition) is 4. The van der Waals surface area contributed by atoms with Gasteiger partial charge >= 0.3 is 0 Å². The molecule has 7 nitrogen and oxygen atoms in total. The second-order valence-corrected chi connectivity index (χ2v) is 6.41. The summed E-state index contributed by atoms with van der Waals surface area (Å²) in [5, 5.41) is 4.35. The number of rotatable bonds is 4. The molecule has 1 aromatic carbocycles. The number of aromatic amines is 1. The maximum absolute atomic E-state index is 12.9. The van der Waals surface area contributed by atoms with Crippen LogP contribution in [0.3, 0.4) is 0 Å². The Morgan fingerprint density at radius 1 is 1.35 bits per heavy atom. The number of piperidine rings is 1. The number of nitrogens with zero attached hydrogens (tertiary/aromatic N) is 4. The van der Waals surface area contributed by atoms with Crippen LogP contribution in [0.25, 0.3) is 5.69 Å². The number of imidazole rings is 1. The summed E-state index contributed by atoms with van der Waals surface area (Å²) >= 11 is 0. The number of H-pyrrole nitrogens is 1. The predicted molar refractivity (Wildman–Crippen MR) is 96.6 cm³/mol. The van der Waals surface area contributed by atoms with Crippen LogP contribution >= 0.6 is 0 Å². The molecule has 3 aromatic rings. The summed E-state index contributed by atoms with van der Waals surface area (Å²) in [6.07, 6.45) is 8.97. The van der Waals surface area contributed by atoms with Crippen molar-refractivity contribution in [3.8, 4) is 11.4 Å². The number of ether oxygens (including phenoxy) is 1. The Morgan fingerprint density at radius 2 is 2.23 bits per heavy atom. The van der Waals surface area contributed by atoms with Crippen LogP contribution in [-0.2, 0) is 0 Å². The molecular formula is C19H21N5O2. The topological polar surface area (TPSA) is 76.0 Å². The lowest BCUT2D eigenvalue weighted by Gasteiger charge is -2.31. The Balaban J connectivity index is 1.53. The molecule has 1 aliphatic rings. The summed E-state index contributed by atoms with van der Waals surface area (Å²) in [6.45, 7) is 1.43. The molecule has 0 bridgehead atoms. The molecular weight excluding hydrogens is 330 g/mol. The Hall–Kier alpha value is -3.09. The van der Waals surface area contributed by atoms with Gasteiger partial charge in [-0.2, -0.15) is 5.10 Å². The molecule has 1 N–H and O–H groups in total. The van der Waals surface area contributed by atoms with Gasteiger partial charge in [-0.05, 0) is 25.0 Å². The van der Waals surface area contributed by atoms with E-state index in [0.29, 0.717) is 17.9 Å². The molecule has 26 heavy (non-hydrogen) atoms. The van der Waals surface area contributed by atoms with Crippen molar-refractivity contribution in [1.29, 1.82) is 0 Å². The number of amides is 1. The number of carbonyl (C=O) groups is 1. The summed E-state index contributed by atoms with van der Waals surface area (Å²) < 4.78 is 7.06. The minimum absolute atomic E-state index is 0.00223. The Morgan fingerprint density at radius 3 is 3.04 bits per heavy atom. The first-order valence-corrected chi connectivity index (χ1v) is 8.73. The minimum atomic E-state index is 0.00223. The molecule has 1 saturated heterocycles. The van der Waals surface area contributed by atoms with Gasteiger partial charge in [0.15, 0.2) is 0 Å². The summed E-state index contributed by atoms with van der Waals surface area (Å²) in [5.74, 6) is 1.92. The van der Waals surface area contributed by atoms with Crippen LogP contribution in [0.2, 0.25) is 0 Å². The number of para-hydroxylation sites is 2. The van der Waals surface area contributed by atoms with E-state index >= 15 is 0 Å². The molecule has 2 aromatic heterocycles. The van der Waals surface area contributed by atoms with Crippen LogP contribution in [0.1, 0.15) is 34.9 Å². The zero-order valence-electron chi connectivity index (χ0n) is 14.6. The van der Waals surface area contributed by atoms with Gasteiger partial charge in [0.1, 0.15) is 17.3 Å². The third kappa shape index (κ3) is 3.08. The Kier molecular flexibility index (Phi) is 4.43. The molecule has 3 heterocycles. The fraction of sp³-hybridized carbons (Fsp3) is 0.316. The van der Waals surface area contributed by atoms with Gasteiger partial charge in [-0.15, -0.1) is 0 Å². The van der Waals surface area contributed by atoms with Crippen molar-refractivity contribution in [3.63, 3.8) is 0 Å². The molecule has 0 radical (unpaired) electrons. The molecule has 1 fully saturated rings. The van der Waals surface area contributed by atoms with E-state index in [1.54, 1.807) is 30.4 Å². The summed E-state index contributed by atoms with van der Waals surface area (Å²) in [5.41, 5.74) is 1.39. The maximum atomic E-state index is 12.9. The van der Waals surface area contributed by atoms with E-state index in [1.807, 2.05) is 35.4 Å². The highest BCUT2D eigenvalue weighted by Crippen LogP contribution is 2.26. The number of aromatic nitrogens is 4. The first-order chi connectivity index (χ1) is 12.8. The fourth-order valence-electron chi connectivity index (χ4n) is 3.45. The molecule has 1 aliphatic heterocycles. The van der Waals surface area contributed by atoms with Crippen LogP contribution < -0.4 is 4.74 Å². The molecule has 1 atom stereocenters. The van der Waals surface area contributed by atoms with E-state index in [0.717, 1.165) is 30.9 Å². The second-order valence-electron chi connectivity index (χ2n) is 6.41. The van der Waals surface area contributed by atoms with Gasteiger partial charge in [-0.25, -0.2) is 9.67 Å². The Bertz CT molecular complexity index is 887. The van der Waals surface area contributed by atoms with Gasteiger partial charge in [0, 0.05) is 37.6 Å². The van der Waals surface area contributed by atoms with Crippen molar-refractivity contribution >= 4 is 5.91 Å². The zero-order chi connectivity index (χ0) is 17.9. The minimum Gasteiger partial charge on any atom is -0.494 e. The second kappa shape index (κ2) is 7.03. The van der Waals surface area contributed by atoms with E-state index in [2.05, 4.69) is 15.1 Å². The van der Waals surface area contributed by atoms with Crippen molar-refractivity contribution in [2.24, 2.45) is 0 Å². The van der Waals surface area contributed by atoms with E-state index < -0.39 is 0 Å². The van der Waals surface area contributed by atoms with Crippen molar-refractivity contribution in [3.05, 3.63) is 60.4 Å². The summed E-state index contributed by atoms with van der Waals surface area (Å²) in [4.78, 5) is 22.3. The van der Waals surface area contributed by atoms with Gasteiger partial charge < -0.3 is 14.6 Å². The monoisotopic (exact) mass is 351 g/mol. The molecule has 0 aliphatic carbocycles. The molecule has 7 heteroatoms. The lowest BCUT2D eigenvalue weighted by atomic mass is 9.97. The van der Waals surface area contributed by atoms with Crippen molar-refractivity contribution in [2.75, 3.05) is 20.2 Å². The molecule has 134 valence electrons. The van der Waals surface area contributed by atoms with Crippen LogP contribution in [0, 0.1) is 0 Å². The lowest BCUT2D eigenvalue weighted by molar-refractivity contribution is 0.0705. The van der Waals surface area contributed by atoms with Gasteiger partial charge in [-0.1, -0.05) is 12.1 Å². The number of hydrogen-bond donors (Lipinski definition) is 1. The van der Waals surface area contributed by atoms with E-state index in [9.17, 15) is 4.79 Å². The smallest absolute Gasteiger partial charge is 0.257 e. The largest absolute Gasteiger partial charge is 0.494 e. The standard InChI is InChI=1S/C19H21N5O2/c1-26-17-7-3-2-6-16(17)24-13-15(11-22-24)19(25)23-10-4-5-14(12-23)18-20-8-9-21-18/h2-3,6-9,11,13-14H,4-5,10,12H2,1H3,(H,20,21)/t14-/m0/s1. The van der Waals surface area contributed by atoms with Crippen molar-refractivity contribution in [2.45, 2.75) is 18.8 Å². The average molecular weight is 351 g/mol. The van der Waals surface area contributed by atoms with Gasteiger partial charge in [0.05, 0.1) is 18.9 Å². The summed E-state index contributed by atoms with van der Waals surface area (Å²) in [6, 6.07) is 7.60. The van der Waals surface area contributed by atoms with Crippen LogP contribution in [0.4, 0.5) is 0 Å². The number of likely N-dealkylation sites (tertiary alicyclic amines) is 1. The normalized spacial score (nSPS) is 17.3. The van der Waals surface area contributed by atoms with Gasteiger partial charge in [-0.3, -0.25) is 4.79 Å². The number of benzene rings is 1. The van der Waals surface area contributed by atoms with Crippen LogP contribution in [0.15, 0.2) is 49.1 Å². The molecule has 0 spiro atoms. The lowest BCUT2D eigenvalue weighted by Crippen LogP contribution is -2.39. The van der Waals surface area contributed by atoms with Crippen molar-refractivity contribution in [1.82, 2.24) is 24.6 Å². The molecule has 0 saturated carbocycles. The van der Waals surface area contributed by atoms with Gasteiger partial charge in [0.25, 0.3) is 5.91 Å². The molecule has 1 amide bonds. The van der Waals surface area contributed by atoms with Crippen molar-refractivity contribution < 1.29 is 9.53 Å². The van der Waals surface area contributed by atoms with E-state index in [1.165, 1.54) is 0 Å².